The number of nitrogens with zero attached hydrogens (tertiary/aromatic N) is 2. The molecule has 0 unspecified atom stereocenters. The van der Waals surface area contributed by atoms with Gasteiger partial charge in [-0.1, -0.05) is 6.08 Å². The third-order valence-electron chi connectivity index (χ3n) is 1.97. The lowest BCUT2D eigenvalue weighted by molar-refractivity contribution is -0.114. The Bertz CT molecular complexity index is 467. The lowest BCUT2D eigenvalue weighted by atomic mass is 10.3. The van der Waals surface area contributed by atoms with Crippen LogP contribution in [0.1, 0.15) is 17.4 Å². The minimum Gasteiger partial charge on any atom is -0.354 e. The van der Waals surface area contributed by atoms with Crippen LogP contribution < -0.4 is 10.6 Å². The maximum atomic E-state index is 11.7. The normalized spacial score (nSPS) is 9.82. The number of hydrogen-bond donors (Lipinski definition) is 2. The van der Waals surface area contributed by atoms with Crippen LogP contribution in [0.3, 0.4) is 0 Å². The van der Waals surface area contributed by atoms with Gasteiger partial charge in [-0.25, -0.2) is 0 Å². The SMILES string of the molecule is C=CCn1c(Cl)nc(NC(C)=O)c1C(=O)NC. The van der Waals surface area contributed by atoms with Crippen LogP contribution in [0, 0.1) is 0 Å². The summed E-state index contributed by atoms with van der Waals surface area (Å²) in [6.07, 6.45) is 1.58. The van der Waals surface area contributed by atoms with Crippen LogP contribution in [0.2, 0.25) is 5.28 Å². The molecule has 0 spiro atoms. The van der Waals surface area contributed by atoms with E-state index in [0.29, 0.717) is 6.54 Å². The topological polar surface area (TPSA) is 76.0 Å². The Balaban J connectivity index is 3.29. The van der Waals surface area contributed by atoms with Crippen molar-refractivity contribution in [1.29, 1.82) is 0 Å². The number of carbonyl (C=O) groups is 2. The summed E-state index contributed by atoms with van der Waals surface area (Å²) in [4.78, 5) is 26.6. The summed E-state index contributed by atoms with van der Waals surface area (Å²) in [5.74, 6) is -0.561. The van der Waals surface area contributed by atoms with Gasteiger partial charge in [0, 0.05) is 20.5 Å². The van der Waals surface area contributed by atoms with Crippen molar-refractivity contribution in [2.45, 2.75) is 13.5 Å². The van der Waals surface area contributed by atoms with Gasteiger partial charge in [-0.05, 0) is 11.6 Å². The van der Waals surface area contributed by atoms with Crippen molar-refractivity contribution in [3.8, 4) is 0 Å². The Kier molecular flexibility index (Phi) is 4.28. The molecule has 0 saturated carbocycles. The van der Waals surface area contributed by atoms with Gasteiger partial charge < -0.3 is 15.2 Å². The first-order valence-corrected chi connectivity index (χ1v) is 5.25. The molecule has 1 rings (SSSR count). The van der Waals surface area contributed by atoms with E-state index in [0.717, 1.165) is 0 Å². The molecule has 1 aromatic rings. The molecule has 92 valence electrons. The zero-order valence-corrected chi connectivity index (χ0v) is 10.3. The van der Waals surface area contributed by atoms with Crippen LogP contribution in [0.4, 0.5) is 5.82 Å². The van der Waals surface area contributed by atoms with Gasteiger partial charge >= 0.3 is 0 Å². The third-order valence-corrected chi connectivity index (χ3v) is 2.26. The number of aromatic nitrogens is 2. The number of amides is 2. The van der Waals surface area contributed by atoms with Gasteiger partial charge in [0.1, 0.15) is 0 Å². The van der Waals surface area contributed by atoms with E-state index in [9.17, 15) is 9.59 Å². The van der Waals surface area contributed by atoms with E-state index in [-0.39, 0.29) is 28.6 Å². The second-order valence-electron chi connectivity index (χ2n) is 3.24. The fraction of sp³-hybridized carbons (Fsp3) is 0.300. The van der Waals surface area contributed by atoms with Crippen molar-refractivity contribution >= 4 is 29.2 Å². The predicted molar refractivity (Wildman–Crippen MR) is 65.1 cm³/mol. The highest BCUT2D eigenvalue weighted by molar-refractivity contribution is 6.29. The van der Waals surface area contributed by atoms with Crippen LogP contribution in [-0.4, -0.2) is 28.4 Å². The number of carbonyl (C=O) groups excluding carboxylic acids is 2. The zero-order chi connectivity index (χ0) is 13.0. The molecule has 0 atom stereocenters. The summed E-state index contributed by atoms with van der Waals surface area (Å²) in [5, 5.41) is 5.04. The first-order chi connectivity index (χ1) is 8.01. The molecule has 1 heterocycles. The van der Waals surface area contributed by atoms with Crippen molar-refractivity contribution < 1.29 is 9.59 Å². The second kappa shape index (κ2) is 5.49. The standard InChI is InChI=1S/C10H13ClN4O2/c1-4-5-15-7(9(17)12-3)8(13-6(2)16)14-10(15)11/h4H,1,5H2,2-3H3,(H,12,17)(H,13,16). The number of allylic oxidation sites excluding steroid dienone is 1. The molecular formula is C10H13ClN4O2. The molecule has 7 heteroatoms. The van der Waals surface area contributed by atoms with Crippen molar-refractivity contribution in [1.82, 2.24) is 14.9 Å². The van der Waals surface area contributed by atoms with Crippen LogP contribution in [0.5, 0.6) is 0 Å². The predicted octanol–water partition coefficient (Wildman–Crippen LogP) is 1.04. The Labute approximate surface area is 104 Å². The summed E-state index contributed by atoms with van der Waals surface area (Å²) in [7, 11) is 1.49. The van der Waals surface area contributed by atoms with Gasteiger partial charge in [-0.3, -0.25) is 9.59 Å². The van der Waals surface area contributed by atoms with Crippen molar-refractivity contribution in [2.75, 3.05) is 12.4 Å². The number of rotatable bonds is 4. The summed E-state index contributed by atoms with van der Waals surface area (Å²) in [5.41, 5.74) is 0.201. The number of imidazole rings is 1. The van der Waals surface area contributed by atoms with E-state index >= 15 is 0 Å². The van der Waals surface area contributed by atoms with Gasteiger partial charge in [-0.2, -0.15) is 4.98 Å². The minimum atomic E-state index is -0.380. The maximum Gasteiger partial charge on any atom is 0.271 e. The highest BCUT2D eigenvalue weighted by Crippen LogP contribution is 2.21. The smallest absolute Gasteiger partial charge is 0.271 e. The Morgan fingerprint density at radius 1 is 1.59 bits per heavy atom. The molecule has 17 heavy (non-hydrogen) atoms. The monoisotopic (exact) mass is 256 g/mol. The molecule has 0 aromatic carbocycles. The van der Waals surface area contributed by atoms with Gasteiger partial charge in [0.05, 0.1) is 0 Å². The summed E-state index contributed by atoms with van der Waals surface area (Å²) >= 11 is 5.89. The highest BCUT2D eigenvalue weighted by Gasteiger charge is 2.21. The molecule has 2 N–H and O–H groups in total. The quantitative estimate of drug-likeness (QED) is 0.791. The molecule has 2 amide bonds. The molecule has 1 aromatic heterocycles. The summed E-state index contributed by atoms with van der Waals surface area (Å²) in [6.45, 7) is 5.22. The van der Waals surface area contributed by atoms with Gasteiger partial charge in [0.2, 0.25) is 11.2 Å². The van der Waals surface area contributed by atoms with E-state index in [1.165, 1.54) is 18.5 Å². The van der Waals surface area contributed by atoms with E-state index in [2.05, 4.69) is 22.2 Å². The lowest BCUT2D eigenvalue weighted by Crippen LogP contribution is -2.23. The average Bonchev–Trinajstić information content (AvgIpc) is 2.54. The fourth-order valence-electron chi connectivity index (χ4n) is 1.32. The first-order valence-electron chi connectivity index (χ1n) is 4.87. The van der Waals surface area contributed by atoms with Crippen LogP contribution in [-0.2, 0) is 11.3 Å². The minimum absolute atomic E-state index is 0.118. The number of hydrogen-bond acceptors (Lipinski definition) is 3. The van der Waals surface area contributed by atoms with Gasteiger partial charge in [0.25, 0.3) is 5.91 Å². The Hall–Kier alpha value is -1.82. The van der Waals surface area contributed by atoms with Crippen molar-refractivity contribution in [3.05, 3.63) is 23.6 Å². The van der Waals surface area contributed by atoms with E-state index in [1.54, 1.807) is 6.08 Å². The third kappa shape index (κ3) is 2.85. The van der Waals surface area contributed by atoms with Crippen molar-refractivity contribution in [3.63, 3.8) is 0 Å². The average molecular weight is 257 g/mol. The zero-order valence-electron chi connectivity index (χ0n) is 9.58. The molecule has 0 aliphatic heterocycles. The van der Waals surface area contributed by atoms with E-state index < -0.39 is 0 Å². The van der Waals surface area contributed by atoms with Crippen molar-refractivity contribution in [2.24, 2.45) is 0 Å². The molecular weight excluding hydrogens is 244 g/mol. The fourth-order valence-corrected chi connectivity index (χ4v) is 1.56. The molecule has 0 aliphatic rings. The molecule has 0 saturated heterocycles. The number of anilines is 1. The molecule has 0 aliphatic carbocycles. The van der Waals surface area contributed by atoms with Gasteiger partial charge in [-0.15, -0.1) is 6.58 Å². The largest absolute Gasteiger partial charge is 0.354 e. The van der Waals surface area contributed by atoms with Crippen LogP contribution >= 0.6 is 11.6 Å². The second-order valence-corrected chi connectivity index (χ2v) is 3.58. The maximum absolute atomic E-state index is 11.7. The highest BCUT2D eigenvalue weighted by atomic mass is 35.5. The molecule has 0 radical (unpaired) electrons. The van der Waals surface area contributed by atoms with Crippen LogP contribution in [0.15, 0.2) is 12.7 Å². The Morgan fingerprint density at radius 3 is 2.71 bits per heavy atom. The van der Waals surface area contributed by atoms with E-state index in [4.69, 9.17) is 11.6 Å². The number of halogens is 1. The first kappa shape index (κ1) is 13.2. The Morgan fingerprint density at radius 2 is 2.24 bits per heavy atom. The molecule has 6 nitrogen and oxygen atoms in total. The molecule has 0 bridgehead atoms. The van der Waals surface area contributed by atoms with Gasteiger partial charge in [0.15, 0.2) is 11.5 Å². The summed E-state index contributed by atoms with van der Waals surface area (Å²) in [6, 6.07) is 0. The summed E-state index contributed by atoms with van der Waals surface area (Å²) < 4.78 is 1.46. The van der Waals surface area contributed by atoms with E-state index in [1.807, 2.05) is 0 Å². The van der Waals surface area contributed by atoms with Crippen LogP contribution in [0.25, 0.3) is 0 Å². The lowest BCUT2D eigenvalue weighted by Gasteiger charge is -2.07. The molecule has 0 fully saturated rings. The number of nitrogens with one attached hydrogen (secondary N) is 2.